The van der Waals surface area contributed by atoms with Crippen molar-refractivity contribution in [3.05, 3.63) is 29.5 Å². The molecule has 14 heavy (non-hydrogen) atoms. The minimum absolute atomic E-state index is 0.723. The third-order valence-corrected chi connectivity index (χ3v) is 3.09. The molecule has 2 aromatic heterocycles. The zero-order valence-electron chi connectivity index (χ0n) is 6.94. The van der Waals surface area contributed by atoms with E-state index >= 15 is 0 Å². The number of pyridine rings is 1. The molecule has 0 fully saturated rings. The van der Waals surface area contributed by atoms with Crippen LogP contribution >= 0.6 is 23.1 Å². The number of hydrogen-bond donors (Lipinski definition) is 0. The lowest BCUT2D eigenvalue weighted by Crippen LogP contribution is -1.79. The second kappa shape index (κ2) is 2.87. The molecule has 2 heterocycles. The van der Waals surface area contributed by atoms with Crippen LogP contribution in [0.1, 0.15) is 0 Å². The third-order valence-electron chi connectivity index (χ3n) is 2.10. The van der Waals surface area contributed by atoms with Gasteiger partial charge in [0.1, 0.15) is 5.52 Å². The monoisotopic (exact) mass is 221 g/mol. The standard InChI is InChI=1S/C9H4ClN3S/c10-7-3-8-9(12-13-14-8)6-4-11-2-1-5(6)7/h1-4H. The van der Waals surface area contributed by atoms with Crippen LogP contribution in [0.25, 0.3) is 21.0 Å². The Morgan fingerprint density at radius 1 is 1.29 bits per heavy atom. The quantitative estimate of drug-likeness (QED) is 0.586. The predicted molar refractivity (Wildman–Crippen MR) is 57.7 cm³/mol. The highest BCUT2D eigenvalue weighted by molar-refractivity contribution is 7.13. The van der Waals surface area contributed by atoms with Crippen LogP contribution in [0.4, 0.5) is 0 Å². The molecule has 0 bridgehead atoms. The lowest BCUT2D eigenvalue weighted by molar-refractivity contribution is 1.20. The number of halogens is 1. The highest BCUT2D eigenvalue weighted by Gasteiger charge is 2.07. The average molecular weight is 222 g/mol. The Kier molecular flexibility index (Phi) is 1.65. The fourth-order valence-corrected chi connectivity index (χ4v) is 2.42. The first-order valence-corrected chi connectivity index (χ1v) is 5.16. The number of rotatable bonds is 0. The van der Waals surface area contributed by atoms with E-state index in [0.29, 0.717) is 0 Å². The van der Waals surface area contributed by atoms with Gasteiger partial charge in [-0.2, -0.15) is 0 Å². The number of benzene rings is 1. The summed E-state index contributed by atoms with van der Waals surface area (Å²) in [5, 5.41) is 6.72. The number of aromatic nitrogens is 3. The topological polar surface area (TPSA) is 38.7 Å². The molecule has 0 saturated carbocycles. The first-order valence-electron chi connectivity index (χ1n) is 4.00. The normalized spacial score (nSPS) is 11.2. The summed E-state index contributed by atoms with van der Waals surface area (Å²) in [6, 6.07) is 3.78. The molecule has 3 aromatic rings. The molecule has 0 saturated heterocycles. The van der Waals surface area contributed by atoms with Crippen LogP contribution < -0.4 is 0 Å². The SMILES string of the molecule is Clc1cc2snnc2c2cnccc12. The van der Waals surface area contributed by atoms with Crippen molar-refractivity contribution in [3.8, 4) is 0 Å². The van der Waals surface area contributed by atoms with Crippen molar-refractivity contribution in [1.82, 2.24) is 14.6 Å². The van der Waals surface area contributed by atoms with Gasteiger partial charge >= 0.3 is 0 Å². The Morgan fingerprint density at radius 3 is 3.14 bits per heavy atom. The van der Waals surface area contributed by atoms with Gasteiger partial charge < -0.3 is 0 Å². The van der Waals surface area contributed by atoms with E-state index in [1.807, 2.05) is 12.1 Å². The van der Waals surface area contributed by atoms with Gasteiger partial charge in [0.25, 0.3) is 0 Å². The van der Waals surface area contributed by atoms with Crippen LogP contribution in [0.5, 0.6) is 0 Å². The van der Waals surface area contributed by atoms with Crippen molar-refractivity contribution in [2.24, 2.45) is 0 Å². The average Bonchev–Trinajstić information content (AvgIpc) is 2.66. The molecule has 68 valence electrons. The maximum absolute atomic E-state index is 6.12. The molecule has 0 aliphatic heterocycles. The smallest absolute Gasteiger partial charge is 0.115 e. The molecule has 0 radical (unpaired) electrons. The third kappa shape index (κ3) is 1.01. The van der Waals surface area contributed by atoms with Crippen molar-refractivity contribution in [2.75, 3.05) is 0 Å². The first-order chi connectivity index (χ1) is 6.86. The van der Waals surface area contributed by atoms with E-state index in [0.717, 1.165) is 26.0 Å². The number of nitrogens with zero attached hydrogens (tertiary/aromatic N) is 3. The van der Waals surface area contributed by atoms with Gasteiger partial charge in [0, 0.05) is 23.2 Å². The molecule has 0 amide bonds. The molecule has 3 nitrogen and oxygen atoms in total. The second-order valence-corrected chi connectivity index (χ2v) is 4.09. The summed E-state index contributed by atoms with van der Waals surface area (Å²) < 4.78 is 4.89. The van der Waals surface area contributed by atoms with Gasteiger partial charge in [0.05, 0.1) is 9.72 Å². The molecule has 0 N–H and O–H groups in total. The summed E-state index contributed by atoms with van der Waals surface area (Å²) in [5.74, 6) is 0. The van der Waals surface area contributed by atoms with Gasteiger partial charge in [0.2, 0.25) is 0 Å². The maximum Gasteiger partial charge on any atom is 0.115 e. The van der Waals surface area contributed by atoms with Crippen molar-refractivity contribution in [2.45, 2.75) is 0 Å². The summed E-state index contributed by atoms with van der Waals surface area (Å²) >= 11 is 7.46. The van der Waals surface area contributed by atoms with E-state index in [1.54, 1.807) is 12.4 Å². The number of fused-ring (bicyclic) bond motifs is 3. The van der Waals surface area contributed by atoms with Crippen LogP contribution in [0.2, 0.25) is 5.02 Å². The fraction of sp³-hybridized carbons (Fsp3) is 0. The highest BCUT2D eigenvalue weighted by atomic mass is 35.5. The molecule has 1 aromatic carbocycles. The van der Waals surface area contributed by atoms with Crippen molar-refractivity contribution < 1.29 is 0 Å². The molecule has 5 heteroatoms. The van der Waals surface area contributed by atoms with E-state index in [9.17, 15) is 0 Å². The molecule has 0 aliphatic carbocycles. The Hall–Kier alpha value is -1.26. The summed E-state index contributed by atoms with van der Waals surface area (Å²) in [6.07, 6.45) is 3.49. The van der Waals surface area contributed by atoms with Crippen LogP contribution in [-0.4, -0.2) is 14.6 Å². The summed E-state index contributed by atoms with van der Waals surface area (Å²) in [7, 11) is 0. The predicted octanol–water partition coefficient (Wildman–Crippen LogP) is 2.89. The van der Waals surface area contributed by atoms with E-state index in [1.165, 1.54) is 11.5 Å². The van der Waals surface area contributed by atoms with Crippen molar-refractivity contribution >= 4 is 44.1 Å². The minimum atomic E-state index is 0.723. The van der Waals surface area contributed by atoms with Gasteiger partial charge in [-0.1, -0.05) is 16.1 Å². The Bertz CT molecular complexity index is 620. The van der Waals surface area contributed by atoms with E-state index in [4.69, 9.17) is 11.6 Å². The highest BCUT2D eigenvalue weighted by Crippen LogP contribution is 2.30. The summed E-state index contributed by atoms with van der Waals surface area (Å²) in [6.45, 7) is 0. The molecule has 0 aliphatic rings. The fourth-order valence-electron chi connectivity index (χ4n) is 1.46. The molecule has 0 spiro atoms. The van der Waals surface area contributed by atoms with Gasteiger partial charge in [0.15, 0.2) is 0 Å². The van der Waals surface area contributed by atoms with Gasteiger partial charge in [-0.15, -0.1) is 5.10 Å². The molecule has 0 unspecified atom stereocenters. The van der Waals surface area contributed by atoms with Gasteiger partial charge in [-0.05, 0) is 23.7 Å². The molecule has 3 rings (SSSR count). The van der Waals surface area contributed by atoms with E-state index < -0.39 is 0 Å². The van der Waals surface area contributed by atoms with Crippen molar-refractivity contribution in [1.29, 1.82) is 0 Å². The maximum atomic E-state index is 6.12. The zero-order valence-corrected chi connectivity index (χ0v) is 8.51. The van der Waals surface area contributed by atoms with Gasteiger partial charge in [-0.3, -0.25) is 4.98 Å². The minimum Gasteiger partial charge on any atom is -0.264 e. The lowest BCUT2D eigenvalue weighted by Gasteiger charge is -1.98. The van der Waals surface area contributed by atoms with Crippen molar-refractivity contribution in [3.63, 3.8) is 0 Å². The summed E-state index contributed by atoms with van der Waals surface area (Å²) in [5.41, 5.74) is 0.877. The number of hydrogen-bond acceptors (Lipinski definition) is 4. The molecular formula is C9H4ClN3S. The van der Waals surface area contributed by atoms with Crippen LogP contribution in [0.3, 0.4) is 0 Å². The molecular weight excluding hydrogens is 218 g/mol. The zero-order chi connectivity index (χ0) is 9.54. The van der Waals surface area contributed by atoms with E-state index in [-0.39, 0.29) is 0 Å². The Labute approximate surface area is 88.5 Å². The summed E-state index contributed by atoms with van der Waals surface area (Å²) in [4.78, 5) is 4.06. The molecule has 0 atom stereocenters. The lowest BCUT2D eigenvalue weighted by atomic mass is 10.1. The largest absolute Gasteiger partial charge is 0.264 e. The first kappa shape index (κ1) is 8.08. The second-order valence-electron chi connectivity index (χ2n) is 2.90. The van der Waals surface area contributed by atoms with Crippen LogP contribution in [0, 0.1) is 0 Å². The van der Waals surface area contributed by atoms with E-state index in [2.05, 4.69) is 14.6 Å². The van der Waals surface area contributed by atoms with Gasteiger partial charge in [-0.25, -0.2) is 0 Å². The van der Waals surface area contributed by atoms with Crippen LogP contribution in [-0.2, 0) is 0 Å². The Balaban J connectivity index is 2.67. The van der Waals surface area contributed by atoms with Crippen LogP contribution in [0.15, 0.2) is 24.5 Å². The Morgan fingerprint density at radius 2 is 2.21 bits per heavy atom.